The summed E-state index contributed by atoms with van der Waals surface area (Å²) in [6, 6.07) is 13.4. The van der Waals surface area contributed by atoms with Gasteiger partial charge in [-0.3, -0.25) is 9.88 Å². The van der Waals surface area contributed by atoms with E-state index in [9.17, 15) is 0 Å². The van der Waals surface area contributed by atoms with Crippen LogP contribution < -0.4 is 5.73 Å². The molecule has 1 aromatic carbocycles. The third-order valence-corrected chi connectivity index (χ3v) is 4.28. The summed E-state index contributed by atoms with van der Waals surface area (Å²) in [6.45, 7) is 1.49. The second-order valence-corrected chi connectivity index (χ2v) is 5.97. The lowest BCUT2D eigenvalue weighted by atomic mass is 10.0. The first-order valence-corrected chi connectivity index (χ1v) is 7.67. The van der Waals surface area contributed by atoms with Crippen LogP contribution in [0.4, 0.5) is 0 Å². The van der Waals surface area contributed by atoms with Crippen LogP contribution in [0.5, 0.6) is 0 Å². The Morgan fingerprint density at radius 3 is 2.57 bits per heavy atom. The van der Waals surface area contributed by atoms with Gasteiger partial charge < -0.3 is 5.73 Å². The Balaban J connectivity index is 1.70. The van der Waals surface area contributed by atoms with E-state index < -0.39 is 0 Å². The van der Waals surface area contributed by atoms with Gasteiger partial charge in [0.15, 0.2) is 0 Å². The summed E-state index contributed by atoms with van der Waals surface area (Å²) in [5.74, 6) is 0.809. The van der Waals surface area contributed by atoms with Crippen LogP contribution in [0.25, 0.3) is 0 Å². The molecule has 2 aromatic rings. The van der Waals surface area contributed by atoms with Crippen LogP contribution in [-0.4, -0.2) is 23.5 Å². The molecule has 0 spiro atoms. The molecule has 0 saturated heterocycles. The van der Waals surface area contributed by atoms with Crippen LogP contribution >= 0.6 is 0 Å². The molecule has 1 aliphatic carbocycles. The monoisotopic (exact) mass is 281 g/mol. The van der Waals surface area contributed by atoms with E-state index in [-0.39, 0.29) is 6.04 Å². The van der Waals surface area contributed by atoms with Crippen molar-refractivity contribution in [2.45, 2.75) is 31.3 Å². The first-order valence-electron chi connectivity index (χ1n) is 7.67. The van der Waals surface area contributed by atoms with E-state index in [0.29, 0.717) is 6.54 Å². The third kappa shape index (κ3) is 3.49. The van der Waals surface area contributed by atoms with Crippen molar-refractivity contribution < 1.29 is 0 Å². The fourth-order valence-corrected chi connectivity index (χ4v) is 2.87. The van der Waals surface area contributed by atoms with Crippen LogP contribution in [0.3, 0.4) is 0 Å². The molecule has 1 heterocycles. The minimum absolute atomic E-state index is 0.249. The molecule has 1 aliphatic rings. The molecule has 0 radical (unpaired) electrons. The van der Waals surface area contributed by atoms with Crippen molar-refractivity contribution >= 4 is 0 Å². The van der Waals surface area contributed by atoms with E-state index in [0.717, 1.165) is 12.5 Å². The highest BCUT2D eigenvalue weighted by molar-refractivity contribution is 5.30. The Labute approximate surface area is 126 Å². The van der Waals surface area contributed by atoms with Gasteiger partial charge in [-0.05, 0) is 48.6 Å². The van der Waals surface area contributed by atoms with Crippen LogP contribution in [-0.2, 0) is 6.54 Å². The van der Waals surface area contributed by atoms with E-state index in [4.69, 9.17) is 5.73 Å². The molecule has 3 rings (SSSR count). The third-order valence-electron chi connectivity index (χ3n) is 4.28. The Hall–Kier alpha value is -1.71. The standard InChI is InChI=1S/C18H23N3/c1-21(13-14-3-2-10-20-12-14)18(11-19)17-8-6-16(7-9-17)15-4-5-15/h2-3,6-10,12,15,18H,4-5,11,13,19H2,1H3. The van der Waals surface area contributed by atoms with Crippen molar-refractivity contribution in [2.24, 2.45) is 5.73 Å². The summed E-state index contributed by atoms with van der Waals surface area (Å²) >= 11 is 0. The largest absolute Gasteiger partial charge is 0.329 e. The summed E-state index contributed by atoms with van der Waals surface area (Å²) < 4.78 is 0. The molecule has 1 aromatic heterocycles. The average molecular weight is 281 g/mol. The van der Waals surface area contributed by atoms with Gasteiger partial charge in [-0.25, -0.2) is 0 Å². The first kappa shape index (κ1) is 14.2. The molecule has 1 unspecified atom stereocenters. The van der Waals surface area contributed by atoms with Crippen molar-refractivity contribution in [3.8, 4) is 0 Å². The maximum absolute atomic E-state index is 6.01. The Morgan fingerprint density at radius 2 is 2.00 bits per heavy atom. The summed E-state index contributed by atoms with van der Waals surface area (Å²) in [6.07, 6.45) is 6.42. The minimum Gasteiger partial charge on any atom is -0.329 e. The van der Waals surface area contributed by atoms with Gasteiger partial charge in [0.25, 0.3) is 0 Å². The van der Waals surface area contributed by atoms with Crippen molar-refractivity contribution in [3.63, 3.8) is 0 Å². The molecule has 21 heavy (non-hydrogen) atoms. The number of benzene rings is 1. The molecule has 3 heteroatoms. The number of aromatic nitrogens is 1. The summed E-state index contributed by atoms with van der Waals surface area (Å²) in [5.41, 5.74) is 10.0. The number of pyridine rings is 1. The summed E-state index contributed by atoms with van der Waals surface area (Å²) in [7, 11) is 2.12. The molecule has 2 N–H and O–H groups in total. The van der Waals surface area contributed by atoms with E-state index in [1.807, 2.05) is 12.3 Å². The highest BCUT2D eigenvalue weighted by Crippen LogP contribution is 2.40. The van der Waals surface area contributed by atoms with Crippen molar-refractivity contribution in [2.75, 3.05) is 13.6 Å². The molecule has 0 bridgehead atoms. The van der Waals surface area contributed by atoms with Gasteiger partial charge in [0.05, 0.1) is 0 Å². The predicted octanol–water partition coefficient (Wildman–Crippen LogP) is 3.09. The zero-order valence-corrected chi connectivity index (χ0v) is 12.6. The van der Waals surface area contributed by atoms with Gasteiger partial charge in [-0.2, -0.15) is 0 Å². The van der Waals surface area contributed by atoms with Crippen LogP contribution in [0, 0.1) is 0 Å². The fraction of sp³-hybridized carbons (Fsp3) is 0.389. The SMILES string of the molecule is CN(Cc1cccnc1)C(CN)c1ccc(C2CC2)cc1. The molecular weight excluding hydrogens is 258 g/mol. The van der Waals surface area contributed by atoms with Crippen LogP contribution in [0.15, 0.2) is 48.8 Å². The zero-order chi connectivity index (χ0) is 14.7. The zero-order valence-electron chi connectivity index (χ0n) is 12.6. The number of likely N-dealkylation sites (N-methyl/N-ethyl adjacent to an activating group) is 1. The maximum atomic E-state index is 6.01. The van der Waals surface area contributed by atoms with Gasteiger partial charge in [0, 0.05) is 31.5 Å². The lowest BCUT2D eigenvalue weighted by molar-refractivity contribution is 0.241. The number of hydrogen-bond donors (Lipinski definition) is 1. The van der Waals surface area contributed by atoms with Crippen molar-refractivity contribution in [1.82, 2.24) is 9.88 Å². The highest BCUT2D eigenvalue weighted by Gasteiger charge is 2.23. The summed E-state index contributed by atoms with van der Waals surface area (Å²) in [5, 5.41) is 0. The molecule has 1 saturated carbocycles. The van der Waals surface area contributed by atoms with Gasteiger partial charge in [-0.15, -0.1) is 0 Å². The lowest BCUT2D eigenvalue weighted by Gasteiger charge is -2.27. The smallest absolute Gasteiger partial charge is 0.0470 e. The van der Waals surface area contributed by atoms with Crippen molar-refractivity contribution in [3.05, 3.63) is 65.5 Å². The molecule has 1 fully saturated rings. The van der Waals surface area contributed by atoms with Gasteiger partial charge in [0.2, 0.25) is 0 Å². The molecular formula is C18H23N3. The summed E-state index contributed by atoms with van der Waals surface area (Å²) in [4.78, 5) is 6.47. The number of nitrogens with zero attached hydrogens (tertiary/aromatic N) is 2. The molecule has 1 atom stereocenters. The maximum Gasteiger partial charge on any atom is 0.0470 e. The topological polar surface area (TPSA) is 42.2 Å². The fourth-order valence-electron chi connectivity index (χ4n) is 2.87. The van der Waals surface area contributed by atoms with Crippen LogP contribution in [0.1, 0.15) is 41.5 Å². The van der Waals surface area contributed by atoms with Crippen LogP contribution in [0.2, 0.25) is 0 Å². The van der Waals surface area contributed by atoms with Crippen molar-refractivity contribution in [1.29, 1.82) is 0 Å². The van der Waals surface area contributed by atoms with Gasteiger partial charge >= 0.3 is 0 Å². The van der Waals surface area contributed by atoms with E-state index in [1.54, 1.807) is 6.20 Å². The van der Waals surface area contributed by atoms with E-state index >= 15 is 0 Å². The number of hydrogen-bond acceptors (Lipinski definition) is 3. The van der Waals surface area contributed by atoms with Gasteiger partial charge in [0.1, 0.15) is 0 Å². The molecule has 110 valence electrons. The second-order valence-electron chi connectivity index (χ2n) is 5.97. The average Bonchev–Trinajstić information content (AvgIpc) is 3.34. The van der Waals surface area contributed by atoms with E-state index in [2.05, 4.69) is 47.3 Å². The Bertz CT molecular complexity index is 561. The highest BCUT2D eigenvalue weighted by atomic mass is 15.1. The number of nitrogens with two attached hydrogens (primary N) is 1. The quantitative estimate of drug-likeness (QED) is 0.884. The molecule has 0 amide bonds. The Kier molecular flexibility index (Phi) is 4.32. The van der Waals surface area contributed by atoms with E-state index in [1.165, 1.54) is 29.5 Å². The molecule has 0 aliphatic heterocycles. The first-order chi connectivity index (χ1) is 10.3. The second kappa shape index (κ2) is 6.37. The molecule has 3 nitrogen and oxygen atoms in total. The Morgan fingerprint density at radius 1 is 1.24 bits per heavy atom. The van der Waals surface area contributed by atoms with Gasteiger partial charge in [-0.1, -0.05) is 30.3 Å². The lowest BCUT2D eigenvalue weighted by Crippen LogP contribution is -2.30. The normalized spacial score (nSPS) is 16.1. The number of rotatable bonds is 6. The predicted molar refractivity (Wildman–Crippen MR) is 85.9 cm³/mol. The minimum atomic E-state index is 0.249.